The topological polar surface area (TPSA) is 203 Å². The predicted octanol–water partition coefficient (Wildman–Crippen LogP) is 1.50. The SMILES string of the molecule is O=C(O)c1ccc[nH]1.O=C1C=C(CO)CC=C1OC(=O)c1ccc[nH]1.O=c1cc(CO)occ1O. The smallest absolute Gasteiger partial charge is 0.360 e. The van der Waals surface area contributed by atoms with Crippen molar-refractivity contribution in [3.05, 3.63) is 99.8 Å². The molecule has 0 radical (unpaired) electrons. The van der Waals surface area contributed by atoms with Crippen molar-refractivity contribution in [1.29, 1.82) is 0 Å². The number of aromatic carboxylic acids is 1. The van der Waals surface area contributed by atoms with E-state index >= 15 is 0 Å². The van der Waals surface area contributed by atoms with Gasteiger partial charge in [-0.3, -0.25) is 9.59 Å². The van der Waals surface area contributed by atoms with Crippen LogP contribution in [0.4, 0.5) is 0 Å². The number of carbonyl (C=O) groups excluding carboxylic acids is 2. The Hall–Kier alpha value is -4.68. The number of aliphatic hydroxyl groups excluding tert-OH is 2. The maximum absolute atomic E-state index is 11.6. The summed E-state index contributed by atoms with van der Waals surface area (Å²) in [6.07, 6.45) is 7.26. The first-order chi connectivity index (χ1) is 16.7. The number of nitrogens with one attached hydrogen (secondary N) is 2. The lowest BCUT2D eigenvalue weighted by molar-refractivity contribution is -0.114. The third-order valence-electron chi connectivity index (χ3n) is 4.20. The highest BCUT2D eigenvalue weighted by Gasteiger charge is 2.19. The average Bonchev–Trinajstić information content (AvgIpc) is 3.58. The fourth-order valence-corrected chi connectivity index (χ4v) is 2.44. The third kappa shape index (κ3) is 8.31. The van der Waals surface area contributed by atoms with E-state index in [4.69, 9.17) is 25.2 Å². The molecule has 0 aromatic carbocycles. The third-order valence-corrected chi connectivity index (χ3v) is 4.20. The van der Waals surface area contributed by atoms with Gasteiger partial charge in [0, 0.05) is 18.5 Å². The minimum atomic E-state index is -0.921. The lowest BCUT2D eigenvalue weighted by Crippen LogP contribution is -2.14. The van der Waals surface area contributed by atoms with E-state index in [0.717, 1.165) is 12.3 Å². The molecule has 0 fully saturated rings. The molecular formula is C23H22N2O10. The van der Waals surface area contributed by atoms with Crippen LogP contribution in [0.1, 0.15) is 33.2 Å². The summed E-state index contributed by atoms with van der Waals surface area (Å²) in [6.45, 7) is -0.504. The van der Waals surface area contributed by atoms with Gasteiger partial charge < -0.3 is 39.5 Å². The van der Waals surface area contributed by atoms with E-state index in [2.05, 4.69) is 14.4 Å². The van der Waals surface area contributed by atoms with Crippen molar-refractivity contribution in [3.63, 3.8) is 0 Å². The lowest BCUT2D eigenvalue weighted by Gasteiger charge is -2.11. The molecule has 0 bridgehead atoms. The van der Waals surface area contributed by atoms with Crippen LogP contribution in [0.2, 0.25) is 0 Å². The molecule has 0 saturated heterocycles. The van der Waals surface area contributed by atoms with Gasteiger partial charge in [0.1, 0.15) is 30.0 Å². The molecule has 35 heavy (non-hydrogen) atoms. The fraction of sp³-hybridized carbons (Fsp3) is 0.130. The number of aromatic hydroxyl groups is 1. The second-order valence-electron chi connectivity index (χ2n) is 6.71. The van der Waals surface area contributed by atoms with E-state index in [1.165, 1.54) is 18.2 Å². The molecular weight excluding hydrogens is 464 g/mol. The summed E-state index contributed by atoms with van der Waals surface area (Å²) in [5, 5.41) is 34.2. The Labute approximate surface area is 197 Å². The largest absolute Gasteiger partial charge is 0.502 e. The van der Waals surface area contributed by atoms with Crippen LogP contribution in [-0.4, -0.2) is 54.7 Å². The van der Waals surface area contributed by atoms with Crippen molar-refractivity contribution >= 4 is 17.7 Å². The molecule has 3 aromatic heterocycles. The van der Waals surface area contributed by atoms with Gasteiger partial charge in [0.15, 0.2) is 11.5 Å². The molecule has 12 nitrogen and oxygen atoms in total. The van der Waals surface area contributed by atoms with E-state index < -0.39 is 28.9 Å². The molecule has 0 atom stereocenters. The van der Waals surface area contributed by atoms with Crippen LogP contribution in [-0.2, 0) is 16.1 Å². The molecule has 6 N–H and O–H groups in total. The van der Waals surface area contributed by atoms with E-state index in [1.54, 1.807) is 30.6 Å². The molecule has 0 amide bonds. The van der Waals surface area contributed by atoms with Crippen LogP contribution in [0.3, 0.4) is 0 Å². The fourth-order valence-electron chi connectivity index (χ4n) is 2.44. The number of carbonyl (C=O) groups is 3. The van der Waals surface area contributed by atoms with Crippen molar-refractivity contribution in [3.8, 4) is 5.75 Å². The second kappa shape index (κ2) is 13.1. The molecule has 0 saturated carbocycles. The minimum absolute atomic E-state index is 0.00167. The van der Waals surface area contributed by atoms with Crippen LogP contribution >= 0.6 is 0 Å². The molecule has 3 heterocycles. The van der Waals surface area contributed by atoms with Crippen LogP contribution < -0.4 is 5.43 Å². The first-order valence-electron chi connectivity index (χ1n) is 9.93. The van der Waals surface area contributed by atoms with Crippen molar-refractivity contribution in [2.45, 2.75) is 13.0 Å². The van der Waals surface area contributed by atoms with Gasteiger partial charge in [-0.05, 0) is 48.4 Å². The van der Waals surface area contributed by atoms with Crippen molar-refractivity contribution in [2.24, 2.45) is 0 Å². The van der Waals surface area contributed by atoms with E-state index in [9.17, 15) is 19.2 Å². The van der Waals surface area contributed by atoms with Crippen molar-refractivity contribution < 1.29 is 44.0 Å². The highest BCUT2D eigenvalue weighted by Crippen LogP contribution is 2.16. The van der Waals surface area contributed by atoms with E-state index in [-0.39, 0.29) is 36.1 Å². The maximum Gasteiger partial charge on any atom is 0.360 e. The quantitative estimate of drug-likeness (QED) is 0.287. The monoisotopic (exact) mass is 486 g/mol. The first kappa shape index (κ1) is 26.6. The Balaban J connectivity index is 0.000000204. The summed E-state index contributed by atoms with van der Waals surface area (Å²) in [4.78, 5) is 48.9. The Kier molecular flexibility index (Phi) is 9.97. The van der Waals surface area contributed by atoms with Gasteiger partial charge in [-0.25, -0.2) is 9.59 Å². The molecule has 0 unspecified atom stereocenters. The number of esters is 1. The zero-order valence-corrected chi connectivity index (χ0v) is 18.1. The zero-order valence-electron chi connectivity index (χ0n) is 18.1. The summed E-state index contributed by atoms with van der Waals surface area (Å²) in [7, 11) is 0. The summed E-state index contributed by atoms with van der Waals surface area (Å²) in [5.41, 5.74) is 0.575. The summed E-state index contributed by atoms with van der Waals surface area (Å²) >= 11 is 0. The van der Waals surface area contributed by atoms with Crippen LogP contribution in [0, 0.1) is 0 Å². The van der Waals surface area contributed by atoms with E-state index in [1.807, 2.05) is 0 Å². The number of rotatable bonds is 5. The molecule has 4 rings (SSSR count). The Morgan fingerprint density at radius 2 is 1.69 bits per heavy atom. The number of ether oxygens (including phenoxy) is 1. The van der Waals surface area contributed by atoms with Crippen LogP contribution in [0.5, 0.6) is 5.75 Å². The normalized spacial score (nSPS) is 12.2. The minimum Gasteiger partial charge on any atom is -0.502 e. The van der Waals surface area contributed by atoms with Crippen LogP contribution in [0.15, 0.2) is 81.7 Å². The molecule has 1 aliphatic carbocycles. The predicted molar refractivity (Wildman–Crippen MR) is 119 cm³/mol. The van der Waals surface area contributed by atoms with Gasteiger partial charge in [0.25, 0.3) is 0 Å². The Morgan fingerprint density at radius 1 is 1.03 bits per heavy atom. The lowest BCUT2D eigenvalue weighted by atomic mass is 10.0. The molecule has 0 aliphatic heterocycles. The highest BCUT2D eigenvalue weighted by atomic mass is 16.5. The van der Waals surface area contributed by atoms with Gasteiger partial charge in [-0.15, -0.1) is 0 Å². The van der Waals surface area contributed by atoms with Crippen LogP contribution in [0.25, 0.3) is 0 Å². The summed E-state index contributed by atoms with van der Waals surface area (Å²) in [5.74, 6) is -2.23. The maximum atomic E-state index is 11.6. The van der Waals surface area contributed by atoms with Gasteiger partial charge in [-0.2, -0.15) is 0 Å². The number of hydrogen-bond acceptors (Lipinski definition) is 9. The first-order valence-corrected chi connectivity index (χ1v) is 9.93. The molecule has 12 heteroatoms. The van der Waals surface area contributed by atoms with Gasteiger partial charge in [-0.1, -0.05) is 0 Å². The number of hydrogen-bond donors (Lipinski definition) is 6. The number of aromatic amines is 2. The number of H-pyrrole nitrogens is 2. The molecule has 184 valence electrons. The summed E-state index contributed by atoms with van der Waals surface area (Å²) in [6, 6.07) is 7.41. The number of allylic oxidation sites excluding steroid dienone is 2. The number of carboxylic acids is 1. The summed E-state index contributed by atoms with van der Waals surface area (Å²) < 4.78 is 9.54. The average molecular weight is 486 g/mol. The number of aromatic nitrogens is 2. The molecule has 0 spiro atoms. The van der Waals surface area contributed by atoms with Crippen molar-refractivity contribution in [2.75, 3.05) is 6.61 Å². The highest BCUT2D eigenvalue weighted by molar-refractivity contribution is 6.06. The number of aliphatic hydroxyl groups is 2. The number of carboxylic acid groups (broad SMARTS) is 1. The zero-order chi connectivity index (χ0) is 25.8. The number of ketones is 1. The van der Waals surface area contributed by atoms with Gasteiger partial charge >= 0.3 is 11.9 Å². The standard InChI is InChI=1S/C12H11NO4.C6H6O4.C5H5NO2/c14-7-8-3-4-11(10(15)6-8)17-12(16)9-2-1-5-13-9;7-2-4-1-5(8)6(9)3-10-4;7-5(8)4-2-1-3-6-4/h1-2,4-6,13-14H,3,7H2;1,3,7,9H,2H2;1-3,6H,(H,7,8). The molecule has 3 aromatic rings. The van der Waals surface area contributed by atoms with E-state index in [0.29, 0.717) is 12.0 Å². The Morgan fingerprint density at radius 3 is 2.14 bits per heavy atom. The van der Waals surface area contributed by atoms with Gasteiger partial charge in [0.05, 0.1) is 6.61 Å². The second-order valence-corrected chi connectivity index (χ2v) is 6.71. The van der Waals surface area contributed by atoms with Crippen molar-refractivity contribution in [1.82, 2.24) is 9.97 Å². The Bertz CT molecular complexity index is 1250. The molecule has 1 aliphatic rings. The van der Waals surface area contributed by atoms with Gasteiger partial charge in [0.2, 0.25) is 11.2 Å².